The van der Waals surface area contributed by atoms with Crippen molar-refractivity contribution in [3.05, 3.63) is 27.7 Å². The Hall–Kier alpha value is -0.970. The molecule has 0 atom stereocenters. The van der Waals surface area contributed by atoms with Gasteiger partial charge in [-0.15, -0.1) is 0 Å². The molecule has 19 heavy (non-hydrogen) atoms. The van der Waals surface area contributed by atoms with Gasteiger partial charge in [0.25, 0.3) is 0 Å². The van der Waals surface area contributed by atoms with Crippen LogP contribution in [0.3, 0.4) is 0 Å². The number of carboxylic acid groups (broad SMARTS) is 1. The molecule has 0 aromatic heterocycles. The van der Waals surface area contributed by atoms with E-state index in [4.69, 9.17) is 34.0 Å². The number of nitrogen functional groups attached to an aromatic ring is 1. The van der Waals surface area contributed by atoms with Gasteiger partial charge in [-0.2, -0.15) is 0 Å². The number of nitrogens with two attached hydrogens (primary N) is 1. The quantitative estimate of drug-likeness (QED) is 0.838. The molecule has 1 aromatic rings. The summed E-state index contributed by atoms with van der Waals surface area (Å²) in [6.07, 6.45) is 0. The first kappa shape index (κ1) is 16.1. The van der Waals surface area contributed by atoms with Crippen LogP contribution in [0.25, 0.3) is 0 Å². The van der Waals surface area contributed by atoms with Gasteiger partial charge < -0.3 is 10.8 Å². The monoisotopic (exact) mass is 304 g/mol. The molecule has 0 spiro atoms. The standard InChI is InChI=1S/C13H18Cl2N2O2/c1-13(2,3)17(7-11(18)19)6-8-10(16)5-4-9(14)12(8)15/h4-5H,6-7,16H2,1-3H3,(H,18,19). The van der Waals surface area contributed by atoms with E-state index in [9.17, 15) is 4.79 Å². The van der Waals surface area contributed by atoms with Crippen LogP contribution in [0.2, 0.25) is 10.0 Å². The van der Waals surface area contributed by atoms with Gasteiger partial charge in [0.2, 0.25) is 0 Å². The summed E-state index contributed by atoms with van der Waals surface area (Å²) >= 11 is 12.1. The average Bonchev–Trinajstić information content (AvgIpc) is 2.26. The summed E-state index contributed by atoms with van der Waals surface area (Å²) in [5.41, 5.74) is 6.74. The molecule has 1 rings (SSSR count). The van der Waals surface area contributed by atoms with Gasteiger partial charge in [0.05, 0.1) is 16.6 Å². The van der Waals surface area contributed by atoms with Crippen LogP contribution in [-0.4, -0.2) is 28.1 Å². The normalized spacial score (nSPS) is 11.9. The minimum absolute atomic E-state index is 0.0915. The Balaban J connectivity index is 3.10. The third-order valence-electron chi connectivity index (χ3n) is 2.86. The summed E-state index contributed by atoms with van der Waals surface area (Å²) in [5.74, 6) is -0.897. The summed E-state index contributed by atoms with van der Waals surface area (Å²) < 4.78 is 0. The summed E-state index contributed by atoms with van der Waals surface area (Å²) in [6.45, 7) is 6.05. The Labute approximate surface area is 123 Å². The maximum atomic E-state index is 11.0. The van der Waals surface area contributed by atoms with Crippen molar-refractivity contribution in [3.8, 4) is 0 Å². The van der Waals surface area contributed by atoms with Crippen LogP contribution in [-0.2, 0) is 11.3 Å². The van der Waals surface area contributed by atoms with Crippen molar-refractivity contribution in [1.82, 2.24) is 4.90 Å². The van der Waals surface area contributed by atoms with E-state index < -0.39 is 5.97 Å². The number of hydrogen-bond acceptors (Lipinski definition) is 3. The van der Waals surface area contributed by atoms with Crippen LogP contribution in [0, 0.1) is 0 Å². The minimum Gasteiger partial charge on any atom is -0.480 e. The highest BCUT2D eigenvalue weighted by molar-refractivity contribution is 6.42. The lowest BCUT2D eigenvalue weighted by Crippen LogP contribution is -2.44. The fraction of sp³-hybridized carbons (Fsp3) is 0.462. The fourth-order valence-electron chi connectivity index (χ4n) is 1.65. The predicted molar refractivity (Wildman–Crippen MR) is 78.7 cm³/mol. The van der Waals surface area contributed by atoms with E-state index in [0.717, 1.165) is 0 Å². The highest BCUT2D eigenvalue weighted by Crippen LogP contribution is 2.32. The molecule has 4 nitrogen and oxygen atoms in total. The van der Waals surface area contributed by atoms with Gasteiger partial charge in [0.1, 0.15) is 0 Å². The highest BCUT2D eigenvalue weighted by atomic mass is 35.5. The number of anilines is 1. The van der Waals surface area contributed by atoms with Crippen molar-refractivity contribution < 1.29 is 9.90 Å². The Kier molecular flexibility index (Phi) is 5.07. The molecule has 0 saturated carbocycles. The molecule has 106 valence electrons. The first-order valence-corrected chi connectivity index (χ1v) is 6.57. The molecule has 0 radical (unpaired) electrons. The molecule has 0 fully saturated rings. The molecule has 0 heterocycles. The van der Waals surface area contributed by atoms with Crippen LogP contribution in [0.15, 0.2) is 12.1 Å². The maximum absolute atomic E-state index is 11.0. The van der Waals surface area contributed by atoms with Gasteiger partial charge in [0, 0.05) is 23.3 Å². The minimum atomic E-state index is -0.897. The van der Waals surface area contributed by atoms with Gasteiger partial charge in [0.15, 0.2) is 0 Å². The second kappa shape index (κ2) is 5.99. The van der Waals surface area contributed by atoms with Crippen molar-refractivity contribution in [2.75, 3.05) is 12.3 Å². The van der Waals surface area contributed by atoms with Crippen LogP contribution < -0.4 is 5.73 Å². The van der Waals surface area contributed by atoms with Gasteiger partial charge in [-0.1, -0.05) is 23.2 Å². The molecule has 0 saturated heterocycles. The Morgan fingerprint density at radius 3 is 2.42 bits per heavy atom. The van der Waals surface area contributed by atoms with E-state index >= 15 is 0 Å². The van der Waals surface area contributed by atoms with Crippen LogP contribution in [0.4, 0.5) is 5.69 Å². The molecule has 0 aliphatic heterocycles. The summed E-state index contributed by atoms with van der Waals surface area (Å²) in [5, 5.41) is 9.77. The second-order valence-corrected chi connectivity index (χ2v) is 6.13. The van der Waals surface area contributed by atoms with E-state index in [1.165, 1.54) is 0 Å². The number of benzene rings is 1. The number of rotatable bonds is 4. The molecule has 3 N–H and O–H groups in total. The first-order valence-electron chi connectivity index (χ1n) is 5.82. The van der Waals surface area contributed by atoms with Gasteiger partial charge in [-0.05, 0) is 32.9 Å². The van der Waals surface area contributed by atoms with Crippen molar-refractivity contribution in [3.63, 3.8) is 0 Å². The topological polar surface area (TPSA) is 66.6 Å². The lowest BCUT2D eigenvalue weighted by Gasteiger charge is -2.34. The second-order valence-electron chi connectivity index (χ2n) is 5.35. The molecular weight excluding hydrogens is 287 g/mol. The summed E-state index contributed by atoms with van der Waals surface area (Å²) in [4.78, 5) is 12.7. The molecule has 0 aliphatic carbocycles. The first-order chi connectivity index (χ1) is 8.62. The number of halogens is 2. The number of nitrogens with zero attached hydrogens (tertiary/aromatic N) is 1. The molecule has 0 unspecified atom stereocenters. The van der Waals surface area contributed by atoms with Gasteiger partial charge in [-0.25, -0.2) is 0 Å². The number of carboxylic acids is 1. The Morgan fingerprint density at radius 1 is 1.37 bits per heavy atom. The lowest BCUT2D eigenvalue weighted by atomic mass is 10.0. The molecule has 0 aliphatic rings. The van der Waals surface area contributed by atoms with Crippen LogP contribution in [0.5, 0.6) is 0 Å². The zero-order chi connectivity index (χ0) is 14.8. The molecule has 0 amide bonds. The van der Waals surface area contributed by atoms with E-state index in [1.54, 1.807) is 17.0 Å². The van der Waals surface area contributed by atoms with E-state index in [2.05, 4.69) is 0 Å². The number of carbonyl (C=O) groups is 1. The van der Waals surface area contributed by atoms with E-state index in [0.29, 0.717) is 27.8 Å². The fourth-order valence-corrected chi connectivity index (χ4v) is 2.06. The van der Waals surface area contributed by atoms with Gasteiger partial charge in [-0.3, -0.25) is 9.69 Å². The summed E-state index contributed by atoms with van der Waals surface area (Å²) in [7, 11) is 0. The van der Waals surface area contributed by atoms with Crippen LogP contribution >= 0.6 is 23.2 Å². The molecule has 1 aromatic carbocycles. The van der Waals surface area contributed by atoms with Crippen molar-refractivity contribution in [2.24, 2.45) is 0 Å². The van der Waals surface area contributed by atoms with Gasteiger partial charge >= 0.3 is 5.97 Å². The smallest absolute Gasteiger partial charge is 0.317 e. The molecule has 6 heteroatoms. The van der Waals surface area contributed by atoms with E-state index in [1.807, 2.05) is 20.8 Å². The largest absolute Gasteiger partial charge is 0.480 e. The SMILES string of the molecule is CC(C)(C)N(CC(=O)O)Cc1c(N)ccc(Cl)c1Cl. The number of aliphatic carboxylic acids is 1. The third kappa shape index (κ3) is 4.27. The zero-order valence-corrected chi connectivity index (χ0v) is 12.7. The number of hydrogen-bond donors (Lipinski definition) is 2. The average molecular weight is 305 g/mol. The van der Waals surface area contributed by atoms with Crippen molar-refractivity contribution in [2.45, 2.75) is 32.9 Å². The molecule has 0 bridgehead atoms. The summed E-state index contributed by atoms with van der Waals surface area (Å²) in [6, 6.07) is 3.30. The van der Waals surface area contributed by atoms with Crippen molar-refractivity contribution >= 4 is 34.9 Å². The van der Waals surface area contributed by atoms with Crippen LogP contribution in [0.1, 0.15) is 26.3 Å². The Bertz CT molecular complexity index is 484. The zero-order valence-electron chi connectivity index (χ0n) is 11.2. The lowest BCUT2D eigenvalue weighted by molar-refractivity contribution is -0.139. The third-order valence-corrected chi connectivity index (χ3v) is 3.70. The highest BCUT2D eigenvalue weighted by Gasteiger charge is 2.25. The maximum Gasteiger partial charge on any atom is 0.317 e. The molecular formula is C13H18Cl2N2O2. The Morgan fingerprint density at radius 2 is 1.95 bits per heavy atom. The van der Waals surface area contributed by atoms with E-state index in [-0.39, 0.29) is 12.1 Å². The predicted octanol–water partition coefficient (Wildman–Crippen LogP) is 3.26. The van der Waals surface area contributed by atoms with Crippen molar-refractivity contribution in [1.29, 1.82) is 0 Å².